The van der Waals surface area contributed by atoms with Gasteiger partial charge in [-0.15, -0.1) is 0 Å². The second-order valence-electron chi connectivity index (χ2n) is 8.36. The molecule has 0 fully saturated rings. The Balaban J connectivity index is 1.74. The minimum absolute atomic E-state index is 0.108. The highest BCUT2D eigenvalue weighted by atomic mass is 16.5. The van der Waals surface area contributed by atoms with Crippen molar-refractivity contribution in [2.45, 2.75) is 26.5 Å². The zero-order valence-corrected chi connectivity index (χ0v) is 19.7. The highest BCUT2D eigenvalue weighted by Crippen LogP contribution is 2.39. The van der Waals surface area contributed by atoms with Crippen molar-refractivity contribution < 1.29 is 14.6 Å². The maximum atomic E-state index is 9.78. The molecule has 0 aliphatic carbocycles. The van der Waals surface area contributed by atoms with E-state index in [-0.39, 0.29) is 12.6 Å². The number of hydrogen-bond donors (Lipinski definition) is 1. The van der Waals surface area contributed by atoms with E-state index < -0.39 is 0 Å². The molecule has 0 saturated carbocycles. The van der Waals surface area contributed by atoms with Gasteiger partial charge in [-0.1, -0.05) is 36.4 Å². The number of nitrogens with zero attached hydrogens (tertiary/aromatic N) is 3. The second-order valence-corrected chi connectivity index (χ2v) is 8.36. The summed E-state index contributed by atoms with van der Waals surface area (Å²) in [5.41, 5.74) is 6.50. The molecule has 0 saturated heterocycles. The number of methoxy groups -OCH3 is 2. The van der Waals surface area contributed by atoms with Crippen molar-refractivity contribution >= 4 is 21.9 Å². The van der Waals surface area contributed by atoms with E-state index in [0.29, 0.717) is 5.75 Å². The van der Waals surface area contributed by atoms with Gasteiger partial charge in [0.05, 0.1) is 44.1 Å². The minimum Gasteiger partial charge on any atom is -0.496 e. The standard InChI is InChI=1S/C28H27N3O3/c1-17(19-8-6-5-7-9-19)31-18(2)30-25-15-29-24-13-22(27(34-4)14-23(24)28(25)31)20-10-11-26(33-3)21(12-20)16-32/h5-15,17,32H,16H2,1-4H3/t17-/m0/s1. The van der Waals surface area contributed by atoms with Gasteiger partial charge in [0.25, 0.3) is 0 Å². The van der Waals surface area contributed by atoms with Crippen LogP contribution in [0.4, 0.5) is 0 Å². The third-order valence-electron chi connectivity index (χ3n) is 6.44. The van der Waals surface area contributed by atoms with Crippen LogP contribution in [0.25, 0.3) is 33.1 Å². The molecule has 1 atom stereocenters. The Hall–Kier alpha value is -3.90. The topological polar surface area (TPSA) is 69.4 Å². The van der Waals surface area contributed by atoms with E-state index in [9.17, 15) is 5.11 Å². The molecule has 0 amide bonds. The van der Waals surface area contributed by atoms with Gasteiger partial charge in [0, 0.05) is 16.5 Å². The first kappa shape index (κ1) is 21.9. The molecular formula is C28H27N3O3. The lowest BCUT2D eigenvalue weighted by atomic mass is 9.99. The van der Waals surface area contributed by atoms with Crippen LogP contribution in [0.15, 0.2) is 66.9 Å². The van der Waals surface area contributed by atoms with E-state index in [1.54, 1.807) is 14.2 Å². The van der Waals surface area contributed by atoms with Crippen LogP contribution in [-0.2, 0) is 6.61 Å². The third kappa shape index (κ3) is 3.56. The molecule has 0 radical (unpaired) electrons. The van der Waals surface area contributed by atoms with Crippen LogP contribution < -0.4 is 9.47 Å². The molecule has 3 aromatic carbocycles. The number of aliphatic hydroxyl groups excluding tert-OH is 1. The molecule has 5 rings (SSSR count). The summed E-state index contributed by atoms with van der Waals surface area (Å²) < 4.78 is 13.5. The predicted molar refractivity (Wildman–Crippen MR) is 134 cm³/mol. The Morgan fingerprint density at radius 1 is 0.941 bits per heavy atom. The molecule has 0 spiro atoms. The summed E-state index contributed by atoms with van der Waals surface area (Å²) in [6, 6.07) is 20.4. The van der Waals surface area contributed by atoms with Gasteiger partial charge in [-0.25, -0.2) is 4.98 Å². The molecule has 172 valence electrons. The summed E-state index contributed by atoms with van der Waals surface area (Å²) in [6.07, 6.45) is 1.84. The fourth-order valence-electron chi connectivity index (χ4n) is 4.74. The number of hydrogen-bond acceptors (Lipinski definition) is 5. The van der Waals surface area contributed by atoms with Gasteiger partial charge >= 0.3 is 0 Å². The van der Waals surface area contributed by atoms with E-state index >= 15 is 0 Å². The summed E-state index contributed by atoms with van der Waals surface area (Å²) >= 11 is 0. The van der Waals surface area contributed by atoms with E-state index in [1.165, 1.54) is 5.56 Å². The van der Waals surface area contributed by atoms with Crippen molar-refractivity contribution in [1.29, 1.82) is 0 Å². The van der Waals surface area contributed by atoms with E-state index in [1.807, 2.05) is 49.5 Å². The van der Waals surface area contributed by atoms with Crippen molar-refractivity contribution in [3.63, 3.8) is 0 Å². The first-order chi connectivity index (χ1) is 16.5. The van der Waals surface area contributed by atoms with Crippen LogP contribution in [0, 0.1) is 6.92 Å². The predicted octanol–water partition coefficient (Wildman–Crippen LogP) is 5.68. The van der Waals surface area contributed by atoms with Crippen LogP contribution in [0.1, 0.15) is 29.9 Å². The number of fused-ring (bicyclic) bond motifs is 3. The summed E-state index contributed by atoms with van der Waals surface area (Å²) in [7, 11) is 3.27. The number of ether oxygens (including phenoxy) is 2. The molecule has 5 aromatic rings. The van der Waals surface area contributed by atoms with Gasteiger partial charge in [0.15, 0.2) is 0 Å². The fraction of sp³-hybridized carbons (Fsp3) is 0.214. The lowest BCUT2D eigenvalue weighted by Gasteiger charge is -2.18. The van der Waals surface area contributed by atoms with Crippen LogP contribution >= 0.6 is 0 Å². The van der Waals surface area contributed by atoms with Crippen molar-refractivity contribution in [2.75, 3.05) is 14.2 Å². The molecule has 0 aliphatic heterocycles. The Morgan fingerprint density at radius 3 is 2.41 bits per heavy atom. The number of benzene rings is 3. The molecule has 0 unspecified atom stereocenters. The average molecular weight is 454 g/mol. The maximum absolute atomic E-state index is 9.78. The summed E-state index contributed by atoms with van der Waals surface area (Å²) in [5, 5.41) is 10.8. The molecule has 1 N–H and O–H groups in total. The van der Waals surface area contributed by atoms with Gasteiger partial charge in [-0.3, -0.25) is 4.98 Å². The Morgan fingerprint density at radius 2 is 1.71 bits per heavy atom. The van der Waals surface area contributed by atoms with Crippen LogP contribution in [0.5, 0.6) is 11.5 Å². The fourth-order valence-corrected chi connectivity index (χ4v) is 4.74. The minimum atomic E-state index is -0.110. The Bertz CT molecular complexity index is 1490. The number of rotatable bonds is 6. The molecule has 6 heteroatoms. The van der Waals surface area contributed by atoms with Crippen LogP contribution in [0.2, 0.25) is 0 Å². The molecule has 2 heterocycles. The SMILES string of the molecule is COc1ccc(-c2cc3ncc4nc(C)n([C@@H](C)c5ccccc5)c4c3cc2OC)cc1CO. The van der Waals surface area contributed by atoms with E-state index in [4.69, 9.17) is 19.4 Å². The van der Waals surface area contributed by atoms with Gasteiger partial charge in [0.1, 0.15) is 22.8 Å². The van der Waals surface area contributed by atoms with Gasteiger partial charge < -0.3 is 19.1 Å². The van der Waals surface area contributed by atoms with Crippen molar-refractivity contribution in [1.82, 2.24) is 14.5 Å². The molecule has 0 bridgehead atoms. The molecule has 2 aromatic heterocycles. The monoisotopic (exact) mass is 453 g/mol. The number of imidazole rings is 1. The quantitative estimate of drug-likeness (QED) is 0.358. The van der Waals surface area contributed by atoms with Gasteiger partial charge in [-0.05, 0) is 49.2 Å². The van der Waals surface area contributed by atoms with E-state index in [0.717, 1.165) is 50.2 Å². The van der Waals surface area contributed by atoms with Crippen molar-refractivity contribution in [2.24, 2.45) is 0 Å². The highest BCUT2D eigenvalue weighted by molar-refractivity contribution is 6.05. The zero-order chi connectivity index (χ0) is 23.8. The lowest BCUT2D eigenvalue weighted by Crippen LogP contribution is -2.08. The summed E-state index contributed by atoms with van der Waals surface area (Å²) in [4.78, 5) is 9.53. The number of pyridine rings is 1. The lowest BCUT2D eigenvalue weighted by molar-refractivity contribution is 0.274. The largest absolute Gasteiger partial charge is 0.496 e. The maximum Gasteiger partial charge on any atom is 0.127 e. The second kappa shape index (κ2) is 8.80. The number of aryl methyl sites for hydroxylation is 1. The first-order valence-corrected chi connectivity index (χ1v) is 11.2. The zero-order valence-electron chi connectivity index (χ0n) is 19.7. The van der Waals surface area contributed by atoms with Gasteiger partial charge in [0.2, 0.25) is 0 Å². The smallest absolute Gasteiger partial charge is 0.127 e. The van der Waals surface area contributed by atoms with Crippen molar-refractivity contribution in [3.8, 4) is 22.6 Å². The first-order valence-electron chi connectivity index (χ1n) is 11.2. The van der Waals surface area contributed by atoms with Crippen LogP contribution in [0.3, 0.4) is 0 Å². The van der Waals surface area contributed by atoms with Crippen LogP contribution in [-0.4, -0.2) is 33.9 Å². The Kier molecular flexibility index (Phi) is 5.67. The number of aliphatic hydroxyl groups is 1. The molecule has 34 heavy (non-hydrogen) atoms. The summed E-state index contributed by atoms with van der Waals surface area (Å²) in [5.74, 6) is 2.32. The number of aromatic nitrogens is 3. The summed E-state index contributed by atoms with van der Waals surface area (Å²) in [6.45, 7) is 4.11. The van der Waals surface area contributed by atoms with E-state index in [2.05, 4.69) is 35.8 Å². The van der Waals surface area contributed by atoms with Gasteiger partial charge in [-0.2, -0.15) is 0 Å². The molecule has 6 nitrogen and oxygen atoms in total. The molecule has 0 aliphatic rings. The molecular weight excluding hydrogens is 426 g/mol. The average Bonchev–Trinajstić information content (AvgIpc) is 3.23. The highest BCUT2D eigenvalue weighted by Gasteiger charge is 2.20. The third-order valence-corrected chi connectivity index (χ3v) is 6.44. The Labute approximate surface area is 198 Å². The van der Waals surface area contributed by atoms with Crippen molar-refractivity contribution in [3.05, 3.63) is 83.8 Å². The normalized spacial score (nSPS) is 12.3.